The van der Waals surface area contributed by atoms with Crippen molar-refractivity contribution in [2.45, 2.75) is 52.1 Å². The molecule has 0 aliphatic heterocycles. The Kier molecular flexibility index (Phi) is 9.24. The number of rotatable bonds is 9. The molecular formula is C23H29BrN2O2S. The van der Waals surface area contributed by atoms with Crippen molar-refractivity contribution < 1.29 is 9.59 Å². The second-order valence-corrected chi connectivity index (χ2v) is 9.37. The summed E-state index contributed by atoms with van der Waals surface area (Å²) < 4.78 is 0.954. The molecule has 0 aliphatic carbocycles. The van der Waals surface area contributed by atoms with Gasteiger partial charge in [-0.3, -0.25) is 9.59 Å². The van der Waals surface area contributed by atoms with E-state index in [1.807, 2.05) is 44.2 Å². The molecule has 2 rings (SSSR count). The molecule has 0 spiro atoms. The smallest absolute Gasteiger partial charge is 0.242 e. The van der Waals surface area contributed by atoms with E-state index in [4.69, 9.17) is 0 Å². The molecule has 1 unspecified atom stereocenters. The van der Waals surface area contributed by atoms with Crippen LogP contribution in [0.4, 0.5) is 0 Å². The first-order valence-corrected chi connectivity index (χ1v) is 11.7. The van der Waals surface area contributed by atoms with E-state index in [1.54, 1.807) is 23.6 Å². The molecule has 0 heterocycles. The number of halogens is 1. The predicted molar refractivity (Wildman–Crippen MR) is 125 cm³/mol. The predicted octanol–water partition coefficient (Wildman–Crippen LogP) is 4.93. The molecule has 2 amide bonds. The van der Waals surface area contributed by atoms with E-state index in [0.29, 0.717) is 12.3 Å². The van der Waals surface area contributed by atoms with Crippen LogP contribution in [0.3, 0.4) is 0 Å². The summed E-state index contributed by atoms with van der Waals surface area (Å²) in [5, 5.41) is 2.91. The van der Waals surface area contributed by atoms with Gasteiger partial charge in [-0.2, -0.15) is 0 Å². The number of aryl methyl sites for hydroxylation is 1. The maximum absolute atomic E-state index is 13.0. The number of hydrogen-bond donors (Lipinski definition) is 1. The lowest BCUT2D eigenvalue weighted by atomic mass is 10.1. The van der Waals surface area contributed by atoms with Gasteiger partial charge in [-0.25, -0.2) is 0 Å². The Morgan fingerprint density at radius 2 is 1.76 bits per heavy atom. The molecule has 29 heavy (non-hydrogen) atoms. The fourth-order valence-corrected chi connectivity index (χ4v) is 4.27. The molecule has 2 aromatic rings. The number of hydrogen-bond acceptors (Lipinski definition) is 3. The van der Waals surface area contributed by atoms with Crippen molar-refractivity contribution >= 4 is 39.5 Å². The maximum atomic E-state index is 13.0. The van der Waals surface area contributed by atoms with Gasteiger partial charge in [-0.05, 0) is 51.0 Å². The fraction of sp³-hybridized carbons (Fsp3) is 0.391. The fourth-order valence-electron chi connectivity index (χ4n) is 2.96. The van der Waals surface area contributed by atoms with Crippen molar-refractivity contribution in [2.24, 2.45) is 0 Å². The van der Waals surface area contributed by atoms with Gasteiger partial charge in [-0.15, -0.1) is 11.8 Å². The molecule has 0 saturated carbocycles. The van der Waals surface area contributed by atoms with E-state index in [1.165, 1.54) is 11.1 Å². The standard InChI is InChI=1S/C23H29BrN2O2S/c1-16(2)25-23(28)18(4)26(13-19-8-6-10-21(24)12-19)22(27)15-29-14-20-9-5-7-17(3)11-20/h5-12,16,18H,13-15H2,1-4H3,(H,25,28). The molecule has 1 atom stereocenters. The number of nitrogens with zero attached hydrogens (tertiary/aromatic N) is 1. The highest BCUT2D eigenvalue weighted by atomic mass is 79.9. The van der Waals surface area contributed by atoms with Crippen LogP contribution in [0.1, 0.15) is 37.5 Å². The van der Waals surface area contributed by atoms with E-state index in [2.05, 4.69) is 46.4 Å². The van der Waals surface area contributed by atoms with Crippen molar-refractivity contribution in [3.63, 3.8) is 0 Å². The average Bonchev–Trinajstić information content (AvgIpc) is 2.65. The second kappa shape index (κ2) is 11.4. The molecule has 0 radical (unpaired) electrons. The number of carbonyl (C=O) groups is 2. The molecule has 156 valence electrons. The minimum Gasteiger partial charge on any atom is -0.352 e. The zero-order chi connectivity index (χ0) is 21.4. The molecule has 4 nitrogen and oxygen atoms in total. The Morgan fingerprint density at radius 1 is 1.07 bits per heavy atom. The normalized spacial score (nSPS) is 11.9. The summed E-state index contributed by atoms with van der Waals surface area (Å²) in [7, 11) is 0. The highest BCUT2D eigenvalue weighted by molar-refractivity contribution is 9.10. The number of amides is 2. The Morgan fingerprint density at radius 3 is 2.41 bits per heavy atom. The topological polar surface area (TPSA) is 49.4 Å². The van der Waals surface area contributed by atoms with Gasteiger partial charge >= 0.3 is 0 Å². The molecular weight excluding hydrogens is 448 g/mol. The first-order valence-electron chi connectivity index (χ1n) is 9.74. The molecule has 6 heteroatoms. The lowest BCUT2D eigenvalue weighted by molar-refractivity contribution is -0.138. The highest BCUT2D eigenvalue weighted by Crippen LogP contribution is 2.18. The van der Waals surface area contributed by atoms with Crippen LogP contribution in [-0.2, 0) is 21.9 Å². The van der Waals surface area contributed by atoms with E-state index < -0.39 is 6.04 Å². The quantitative estimate of drug-likeness (QED) is 0.557. The summed E-state index contributed by atoms with van der Waals surface area (Å²) in [6, 6.07) is 15.6. The van der Waals surface area contributed by atoms with Crippen molar-refractivity contribution in [3.05, 3.63) is 69.7 Å². The molecule has 0 aromatic heterocycles. The van der Waals surface area contributed by atoms with Gasteiger partial charge in [0, 0.05) is 22.8 Å². The zero-order valence-electron chi connectivity index (χ0n) is 17.4. The van der Waals surface area contributed by atoms with Gasteiger partial charge in [0.1, 0.15) is 6.04 Å². The lowest BCUT2D eigenvalue weighted by Gasteiger charge is -2.29. The minimum atomic E-state index is -0.538. The summed E-state index contributed by atoms with van der Waals surface area (Å²) in [6.45, 7) is 8.09. The zero-order valence-corrected chi connectivity index (χ0v) is 19.8. The second-order valence-electron chi connectivity index (χ2n) is 7.47. The molecule has 1 N–H and O–H groups in total. The van der Waals surface area contributed by atoms with Gasteiger partial charge in [0.15, 0.2) is 0 Å². The van der Waals surface area contributed by atoms with E-state index in [0.717, 1.165) is 15.8 Å². The number of carbonyl (C=O) groups excluding carboxylic acids is 2. The van der Waals surface area contributed by atoms with Crippen molar-refractivity contribution in [1.82, 2.24) is 10.2 Å². The number of thioether (sulfide) groups is 1. The number of nitrogens with one attached hydrogen (secondary N) is 1. The molecule has 0 saturated heterocycles. The summed E-state index contributed by atoms with van der Waals surface area (Å²) in [5.74, 6) is 0.937. The van der Waals surface area contributed by atoms with Gasteiger partial charge in [0.05, 0.1) is 5.75 Å². The van der Waals surface area contributed by atoms with Crippen LogP contribution in [-0.4, -0.2) is 34.6 Å². The van der Waals surface area contributed by atoms with E-state index >= 15 is 0 Å². The highest BCUT2D eigenvalue weighted by Gasteiger charge is 2.26. The average molecular weight is 477 g/mol. The van der Waals surface area contributed by atoms with E-state index in [-0.39, 0.29) is 17.9 Å². The van der Waals surface area contributed by atoms with Crippen molar-refractivity contribution in [3.8, 4) is 0 Å². The molecule has 2 aromatic carbocycles. The van der Waals surface area contributed by atoms with Crippen LogP contribution >= 0.6 is 27.7 Å². The third-order valence-corrected chi connectivity index (χ3v) is 5.90. The summed E-state index contributed by atoms with van der Waals surface area (Å²) >= 11 is 5.05. The Balaban J connectivity index is 2.07. The Hall–Kier alpha value is -1.79. The van der Waals surface area contributed by atoms with Crippen LogP contribution in [0.2, 0.25) is 0 Å². The molecule has 0 bridgehead atoms. The van der Waals surface area contributed by atoms with Crippen LogP contribution in [0.5, 0.6) is 0 Å². The monoisotopic (exact) mass is 476 g/mol. The Labute approximate surface area is 186 Å². The van der Waals surface area contributed by atoms with Gasteiger partial charge < -0.3 is 10.2 Å². The van der Waals surface area contributed by atoms with Gasteiger partial charge in [0.2, 0.25) is 11.8 Å². The van der Waals surface area contributed by atoms with Gasteiger partial charge in [-0.1, -0.05) is 57.9 Å². The molecule has 0 aliphatic rings. The summed E-state index contributed by atoms with van der Waals surface area (Å²) in [5.41, 5.74) is 3.40. The van der Waals surface area contributed by atoms with Crippen molar-refractivity contribution in [1.29, 1.82) is 0 Å². The van der Waals surface area contributed by atoms with E-state index in [9.17, 15) is 9.59 Å². The third-order valence-electron chi connectivity index (χ3n) is 4.42. The van der Waals surface area contributed by atoms with Crippen LogP contribution in [0, 0.1) is 6.92 Å². The summed E-state index contributed by atoms with van der Waals surface area (Å²) in [6.07, 6.45) is 0. The first-order chi connectivity index (χ1) is 13.8. The van der Waals surface area contributed by atoms with Gasteiger partial charge in [0.25, 0.3) is 0 Å². The lowest BCUT2D eigenvalue weighted by Crippen LogP contribution is -2.49. The van der Waals surface area contributed by atoms with Crippen LogP contribution < -0.4 is 5.32 Å². The maximum Gasteiger partial charge on any atom is 0.242 e. The number of benzene rings is 2. The molecule has 0 fully saturated rings. The van der Waals surface area contributed by atoms with Crippen LogP contribution in [0.25, 0.3) is 0 Å². The largest absolute Gasteiger partial charge is 0.352 e. The van der Waals surface area contributed by atoms with Crippen LogP contribution in [0.15, 0.2) is 53.0 Å². The SMILES string of the molecule is Cc1cccc(CSCC(=O)N(Cc2cccc(Br)c2)C(C)C(=O)NC(C)C)c1. The third kappa shape index (κ3) is 7.86. The van der Waals surface area contributed by atoms with Crippen molar-refractivity contribution in [2.75, 3.05) is 5.75 Å². The minimum absolute atomic E-state index is 0.0310. The first kappa shape index (κ1) is 23.5. The summed E-state index contributed by atoms with van der Waals surface area (Å²) in [4.78, 5) is 27.3. The Bertz CT molecular complexity index is 841.